The molecule has 0 saturated carbocycles. The molecule has 1 atom stereocenters. The Kier molecular flexibility index (Phi) is 3.96. The van der Waals surface area contributed by atoms with Crippen LogP contribution in [0.3, 0.4) is 0 Å². The molecule has 3 heteroatoms. The molecule has 0 saturated heterocycles. The number of hydrogen-bond acceptors (Lipinski definition) is 2. The van der Waals surface area contributed by atoms with Crippen molar-refractivity contribution in [3.8, 4) is 0 Å². The summed E-state index contributed by atoms with van der Waals surface area (Å²) in [5.41, 5.74) is 6.94. The first kappa shape index (κ1) is 10.3. The van der Waals surface area contributed by atoms with Crippen LogP contribution in [0, 0.1) is 0 Å². The molecule has 1 rings (SSSR count). The van der Waals surface area contributed by atoms with Gasteiger partial charge in [0.1, 0.15) is 0 Å². The Morgan fingerprint density at radius 2 is 2.31 bits per heavy atom. The lowest BCUT2D eigenvalue weighted by Gasteiger charge is -2.09. The van der Waals surface area contributed by atoms with E-state index in [9.17, 15) is 0 Å². The Morgan fingerprint density at radius 3 is 2.92 bits per heavy atom. The van der Waals surface area contributed by atoms with Crippen molar-refractivity contribution in [2.75, 3.05) is 0 Å². The summed E-state index contributed by atoms with van der Waals surface area (Å²) in [7, 11) is 0. The van der Waals surface area contributed by atoms with Crippen molar-refractivity contribution in [1.82, 2.24) is 9.55 Å². The van der Waals surface area contributed by atoms with Crippen molar-refractivity contribution < 1.29 is 0 Å². The molecule has 0 aliphatic rings. The highest BCUT2D eigenvalue weighted by atomic mass is 15.1. The number of aryl methyl sites for hydroxylation is 1. The molecule has 0 aliphatic carbocycles. The predicted molar refractivity (Wildman–Crippen MR) is 54.4 cm³/mol. The number of rotatable bonds is 5. The molecule has 0 fully saturated rings. The third-order valence-electron chi connectivity index (χ3n) is 2.21. The maximum absolute atomic E-state index is 5.80. The van der Waals surface area contributed by atoms with Gasteiger partial charge in [0.05, 0.1) is 12.0 Å². The molecule has 0 aliphatic heterocycles. The van der Waals surface area contributed by atoms with Crippen molar-refractivity contribution >= 4 is 0 Å². The molecule has 0 amide bonds. The Hall–Kier alpha value is -0.830. The lowest BCUT2D eigenvalue weighted by molar-refractivity contribution is 0.567. The van der Waals surface area contributed by atoms with Gasteiger partial charge in [-0.25, -0.2) is 4.98 Å². The monoisotopic (exact) mass is 181 g/mol. The molecule has 3 nitrogen and oxygen atoms in total. The normalized spacial score (nSPS) is 13.2. The average molecular weight is 181 g/mol. The number of nitrogens with two attached hydrogens (primary N) is 1. The fourth-order valence-electron chi connectivity index (χ4n) is 1.43. The van der Waals surface area contributed by atoms with Crippen LogP contribution >= 0.6 is 0 Å². The van der Waals surface area contributed by atoms with Crippen molar-refractivity contribution in [3.63, 3.8) is 0 Å². The van der Waals surface area contributed by atoms with Crippen LogP contribution in [0.15, 0.2) is 12.5 Å². The minimum atomic E-state index is 0.0872. The van der Waals surface area contributed by atoms with Gasteiger partial charge in [-0.2, -0.15) is 0 Å². The molecular formula is C10H19N3. The summed E-state index contributed by atoms with van der Waals surface area (Å²) in [6.07, 6.45) is 7.47. The third kappa shape index (κ3) is 2.84. The zero-order valence-electron chi connectivity index (χ0n) is 8.53. The Morgan fingerprint density at radius 1 is 1.54 bits per heavy atom. The maximum atomic E-state index is 5.80. The lowest BCUT2D eigenvalue weighted by Crippen LogP contribution is -2.11. The summed E-state index contributed by atoms with van der Waals surface area (Å²) in [6, 6.07) is 0.0872. The molecule has 0 bridgehead atoms. The van der Waals surface area contributed by atoms with Crippen LogP contribution in [0.25, 0.3) is 0 Å². The number of imidazole rings is 1. The van der Waals surface area contributed by atoms with Gasteiger partial charge >= 0.3 is 0 Å². The summed E-state index contributed by atoms with van der Waals surface area (Å²) in [6.45, 7) is 5.25. The van der Waals surface area contributed by atoms with Gasteiger partial charge in [-0.15, -0.1) is 0 Å². The van der Waals surface area contributed by atoms with Crippen LogP contribution in [0.2, 0.25) is 0 Å². The highest BCUT2D eigenvalue weighted by molar-refractivity contribution is 5.02. The first-order valence-corrected chi connectivity index (χ1v) is 5.01. The van der Waals surface area contributed by atoms with Gasteiger partial charge in [-0.1, -0.05) is 19.8 Å². The molecule has 1 aromatic heterocycles. The van der Waals surface area contributed by atoms with E-state index in [2.05, 4.69) is 16.5 Å². The SMILES string of the molecule is CCCCCn1cncc1[C@H](C)N. The van der Waals surface area contributed by atoms with Gasteiger partial charge in [-0.3, -0.25) is 0 Å². The summed E-state index contributed by atoms with van der Waals surface area (Å²) in [5, 5.41) is 0. The van der Waals surface area contributed by atoms with E-state index in [1.807, 2.05) is 19.4 Å². The second kappa shape index (κ2) is 5.02. The van der Waals surface area contributed by atoms with Crippen LogP contribution in [-0.2, 0) is 6.54 Å². The summed E-state index contributed by atoms with van der Waals surface area (Å²) in [5.74, 6) is 0. The van der Waals surface area contributed by atoms with Crippen molar-refractivity contribution in [2.24, 2.45) is 5.73 Å². The van der Waals surface area contributed by atoms with Crippen LogP contribution in [-0.4, -0.2) is 9.55 Å². The maximum Gasteiger partial charge on any atom is 0.0948 e. The van der Waals surface area contributed by atoms with E-state index >= 15 is 0 Å². The van der Waals surface area contributed by atoms with Crippen molar-refractivity contribution in [2.45, 2.75) is 45.7 Å². The van der Waals surface area contributed by atoms with Gasteiger partial charge in [0.15, 0.2) is 0 Å². The molecule has 1 aromatic rings. The fourth-order valence-corrected chi connectivity index (χ4v) is 1.43. The number of hydrogen-bond donors (Lipinski definition) is 1. The molecule has 0 unspecified atom stereocenters. The smallest absolute Gasteiger partial charge is 0.0948 e. The minimum Gasteiger partial charge on any atom is -0.333 e. The second-order valence-electron chi connectivity index (χ2n) is 3.51. The van der Waals surface area contributed by atoms with E-state index in [-0.39, 0.29) is 6.04 Å². The predicted octanol–water partition coefficient (Wildman–Crippen LogP) is 2.09. The quantitative estimate of drug-likeness (QED) is 0.707. The second-order valence-corrected chi connectivity index (χ2v) is 3.51. The van der Waals surface area contributed by atoms with Crippen LogP contribution in [0.5, 0.6) is 0 Å². The summed E-state index contributed by atoms with van der Waals surface area (Å²) in [4.78, 5) is 4.11. The van der Waals surface area contributed by atoms with E-state index in [4.69, 9.17) is 5.73 Å². The summed E-state index contributed by atoms with van der Waals surface area (Å²) < 4.78 is 2.15. The lowest BCUT2D eigenvalue weighted by atomic mass is 10.2. The molecule has 74 valence electrons. The highest BCUT2D eigenvalue weighted by Gasteiger charge is 2.05. The first-order chi connectivity index (χ1) is 6.25. The molecule has 0 aromatic carbocycles. The number of unbranched alkanes of at least 4 members (excludes halogenated alkanes) is 2. The molecule has 2 N–H and O–H groups in total. The van der Waals surface area contributed by atoms with E-state index < -0.39 is 0 Å². The minimum absolute atomic E-state index is 0.0872. The number of aromatic nitrogens is 2. The molecule has 1 heterocycles. The molecular weight excluding hydrogens is 162 g/mol. The van der Waals surface area contributed by atoms with Gasteiger partial charge in [0.25, 0.3) is 0 Å². The van der Waals surface area contributed by atoms with E-state index in [0.717, 1.165) is 12.2 Å². The van der Waals surface area contributed by atoms with Gasteiger partial charge in [-0.05, 0) is 13.3 Å². The van der Waals surface area contributed by atoms with E-state index in [1.54, 1.807) is 0 Å². The van der Waals surface area contributed by atoms with E-state index in [0.29, 0.717) is 0 Å². The Labute approximate surface area is 80.0 Å². The zero-order chi connectivity index (χ0) is 9.68. The Balaban J connectivity index is 2.50. The molecule has 13 heavy (non-hydrogen) atoms. The van der Waals surface area contributed by atoms with Gasteiger partial charge < -0.3 is 10.3 Å². The topological polar surface area (TPSA) is 43.8 Å². The van der Waals surface area contributed by atoms with Gasteiger partial charge in [0, 0.05) is 18.8 Å². The average Bonchev–Trinajstić information content (AvgIpc) is 2.53. The first-order valence-electron chi connectivity index (χ1n) is 5.01. The van der Waals surface area contributed by atoms with Gasteiger partial charge in [0.2, 0.25) is 0 Å². The van der Waals surface area contributed by atoms with Crippen molar-refractivity contribution in [3.05, 3.63) is 18.2 Å². The van der Waals surface area contributed by atoms with Crippen molar-refractivity contribution in [1.29, 1.82) is 0 Å². The highest BCUT2D eigenvalue weighted by Crippen LogP contribution is 2.09. The summed E-state index contributed by atoms with van der Waals surface area (Å²) >= 11 is 0. The largest absolute Gasteiger partial charge is 0.333 e. The van der Waals surface area contributed by atoms with Crippen LogP contribution in [0.1, 0.15) is 44.8 Å². The third-order valence-corrected chi connectivity index (χ3v) is 2.21. The molecule has 0 spiro atoms. The Bertz CT molecular complexity index is 240. The standard InChI is InChI=1S/C10H19N3/c1-3-4-5-6-13-8-12-7-10(13)9(2)11/h7-9H,3-6,11H2,1-2H3/t9-/m0/s1. The zero-order valence-corrected chi connectivity index (χ0v) is 8.53. The van der Waals surface area contributed by atoms with Crippen LogP contribution < -0.4 is 5.73 Å². The number of nitrogens with zero attached hydrogens (tertiary/aromatic N) is 2. The molecule has 0 radical (unpaired) electrons. The fraction of sp³-hybridized carbons (Fsp3) is 0.700. The van der Waals surface area contributed by atoms with E-state index in [1.165, 1.54) is 19.3 Å². The van der Waals surface area contributed by atoms with Crippen LogP contribution in [0.4, 0.5) is 0 Å².